The third kappa shape index (κ3) is 4.17. The Morgan fingerprint density at radius 3 is 2.57 bits per heavy atom. The Bertz CT molecular complexity index is 1000. The molecule has 1 N–H and O–H groups in total. The summed E-state index contributed by atoms with van der Waals surface area (Å²) in [4.78, 5) is 10.6. The van der Waals surface area contributed by atoms with Crippen molar-refractivity contribution in [2.24, 2.45) is 0 Å². The van der Waals surface area contributed by atoms with Crippen molar-refractivity contribution in [3.63, 3.8) is 0 Å². The van der Waals surface area contributed by atoms with E-state index in [0.29, 0.717) is 29.8 Å². The van der Waals surface area contributed by atoms with E-state index in [1.54, 1.807) is 19.9 Å². The van der Waals surface area contributed by atoms with Crippen LogP contribution in [0.4, 0.5) is 10.1 Å². The van der Waals surface area contributed by atoms with Gasteiger partial charge < -0.3 is 5.32 Å². The first kappa shape index (κ1) is 22.2. The van der Waals surface area contributed by atoms with Gasteiger partial charge in [-0.05, 0) is 43.2 Å². The van der Waals surface area contributed by atoms with Gasteiger partial charge in [-0.15, -0.1) is 12.4 Å². The summed E-state index contributed by atoms with van der Waals surface area (Å²) in [6.45, 7) is 4.14. The molecule has 0 saturated carbocycles. The van der Waals surface area contributed by atoms with Gasteiger partial charge in [0.15, 0.2) is 0 Å². The molecule has 1 aliphatic heterocycles. The number of hydrogen-bond acceptors (Lipinski definition) is 5. The van der Waals surface area contributed by atoms with Crippen LogP contribution in [0.1, 0.15) is 22.7 Å². The summed E-state index contributed by atoms with van der Waals surface area (Å²) in [5, 5.41) is 14.4. The second kappa shape index (κ2) is 8.52. The Morgan fingerprint density at radius 1 is 1.21 bits per heavy atom. The molecule has 1 heterocycles. The van der Waals surface area contributed by atoms with Gasteiger partial charge in [0.25, 0.3) is 5.69 Å². The van der Waals surface area contributed by atoms with Gasteiger partial charge in [-0.2, -0.15) is 4.31 Å². The Labute approximate surface area is 169 Å². The Kier molecular flexibility index (Phi) is 6.76. The molecule has 1 unspecified atom stereocenters. The molecule has 10 heteroatoms. The van der Waals surface area contributed by atoms with E-state index in [4.69, 9.17) is 0 Å². The normalized spacial score (nSPS) is 17.8. The van der Waals surface area contributed by atoms with Crippen molar-refractivity contribution in [1.29, 1.82) is 0 Å². The zero-order valence-electron chi connectivity index (χ0n) is 15.4. The molecular formula is C18H21ClFN3O4S. The van der Waals surface area contributed by atoms with Crippen LogP contribution in [0.15, 0.2) is 41.3 Å². The summed E-state index contributed by atoms with van der Waals surface area (Å²) >= 11 is 0. The van der Waals surface area contributed by atoms with Crippen LogP contribution in [-0.4, -0.2) is 37.3 Å². The molecule has 152 valence electrons. The zero-order valence-corrected chi connectivity index (χ0v) is 17.0. The molecule has 0 aromatic heterocycles. The van der Waals surface area contributed by atoms with E-state index in [0.717, 1.165) is 6.07 Å². The van der Waals surface area contributed by atoms with Crippen LogP contribution in [0.25, 0.3) is 0 Å². The third-order valence-electron chi connectivity index (χ3n) is 4.70. The first-order valence-corrected chi connectivity index (χ1v) is 9.89. The number of hydrogen-bond donors (Lipinski definition) is 1. The molecule has 0 amide bonds. The number of nitrogens with zero attached hydrogens (tertiary/aromatic N) is 2. The van der Waals surface area contributed by atoms with Crippen molar-refractivity contribution in [1.82, 2.24) is 9.62 Å². The van der Waals surface area contributed by atoms with Crippen LogP contribution in [0, 0.1) is 29.8 Å². The average molecular weight is 430 g/mol. The molecular weight excluding hydrogens is 409 g/mol. The number of nitro benzene ring substituents is 1. The second-order valence-electron chi connectivity index (χ2n) is 6.55. The summed E-state index contributed by atoms with van der Waals surface area (Å²) in [6.07, 6.45) is 0. The molecule has 0 aliphatic carbocycles. The maximum atomic E-state index is 13.7. The molecule has 2 aromatic rings. The van der Waals surface area contributed by atoms with Gasteiger partial charge in [0.2, 0.25) is 10.0 Å². The van der Waals surface area contributed by atoms with Gasteiger partial charge in [0.05, 0.1) is 15.9 Å². The van der Waals surface area contributed by atoms with Gasteiger partial charge in [0.1, 0.15) is 5.82 Å². The molecule has 0 bridgehead atoms. The molecule has 1 atom stereocenters. The average Bonchev–Trinajstić information content (AvgIpc) is 2.61. The van der Waals surface area contributed by atoms with Crippen molar-refractivity contribution < 1.29 is 17.7 Å². The Hall–Kier alpha value is -2.07. The predicted octanol–water partition coefficient (Wildman–Crippen LogP) is 3.11. The number of halogens is 2. The summed E-state index contributed by atoms with van der Waals surface area (Å²) in [7, 11) is -4.01. The van der Waals surface area contributed by atoms with Gasteiger partial charge in [-0.1, -0.05) is 12.1 Å². The summed E-state index contributed by atoms with van der Waals surface area (Å²) in [6, 6.07) is 7.84. The SMILES string of the molecule is Cc1cc(C)c(S(=O)(=O)N2CCNCC2c2cccc(F)c2)cc1[N+](=O)[O-].Cl. The van der Waals surface area contributed by atoms with E-state index in [1.165, 1.54) is 28.6 Å². The number of benzene rings is 2. The Morgan fingerprint density at radius 2 is 1.93 bits per heavy atom. The minimum atomic E-state index is -4.01. The highest BCUT2D eigenvalue weighted by atomic mass is 35.5. The van der Waals surface area contributed by atoms with Gasteiger partial charge in [-0.25, -0.2) is 12.8 Å². The summed E-state index contributed by atoms with van der Waals surface area (Å²) < 4.78 is 41.6. The lowest BCUT2D eigenvalue weighted by atomic mass is 10.1. The second-order valence-corrected chi connectivity index (χ2v) is 8.41. The van der Waals surface area contributed by atoms with Crippen LogP contribution >= 0.6 is 12.4 Å². The first-order valence-electron chi connectivity index (χ1n) is 8.45. The highest BCUT2D eigenvalue weighted by Gasteiger charge is 2.36. The van der Waals surface area contributed by atoms with Crippen LogP contribution in [0.2, 0.25) is 0 Å². The van der Waals surface area contributed by atoms with Crippen LogP contribution < -0.4 is 5.32 Å². The highest BCUT2D eigenvalue weighted by Crippen LogP contribution is 2.33. The standard InChI is InChI=1S/C18H20FN3O4S.ClH/c1-12-8-13(2)18(10-16(12)22(23)24)27(25,26)21-7-6-20-11-17(21)14-4-3-5-15(19)9-14;/h3-5,8-10,17,20H,6-7,11H2,1-2H3;1H. The molecule has 7 nitrogen and oxygen atoms in total. The van der Waals surface area contributed by atoms with Crippen molar-refractivity contribution >= 4 is 28.1 Å². The van der Waals surface area contributed by atoms with E-state index in [1.807, 2.05) is 0 Å². The number of piperazine rings is 1. The van der Waals surface area contributed by atoms with Crippen LogP contribution in [0.5, 0.6) is 0 Å². The fourth-order valence-corrected chi connectivity index (χ4v) is 5.24. The Balaban J connectivity index is 0.00000280. The van der Waals surface area contributed by atoms with E-state index in [2.05, 4.69) is 5.32 Å². The van der Waals surface area contributed by atoms with E-state index < -0.39 is 26.8 Å². The first-order chi connectivity index (χ1) is 12.7. The topological polar surface area (TPSA) is 92.6 Å². The minimum absolute atomic E-state index is 0. The maximum absolute atomic E-state index is 13.7. The maximum Gasteiger partial charge on any atom is 0.273 e. The number of nitrogens with one attached hydrogen (secondary N) is 1. The zero-order chi connectivity index (χ0) is 19.8. The molecule has 1 saturated heterocycles. The molecule has 2 aromatic carbocycles. The predicted molar refractivity (Wildman–Crippen MR) is 106 cm³/mol. The fourth-order valence-electron chi connectivity index (χ4n) is 3.39. The van der Waals surface area contributed by atoms with Crippen molar-refractivity contribution in [2.45, 2.75) is 24.8 Å². The lowest BCUT2D eigenvalue weighted by molar-refractivity contribution is -0.385. The lowest BCUT2D eigenvalue weighted by Crippen LogP contribution is -2.48. The summed E-state index contributed by atoms with van der Waals surface area (Å²) in [5.74, 6) is -0.447. The lowest BCUT2D eigenvalue weighted by Gasteiger charge is -2.35. The number of nitro groups is 1. The summed E-state index contributed by atoms with van der Waals surface area (Å²) in [5.41, 5.74) is 1.13. The van der Waals surface area contributed by atoms with Gasteiger partial charge in [-0.3, -0.25) is 10.1 Å². The smallest absolute Gasteiger partial charge is 0.273 e. The number of sulfonamides is 1. The van der Waals surface area contributed by atoms with E-state index in [9.17, 15) is 22.9 Å². The highest BCUT2D eigenvalue weighted by molar-refractivity contribution is 7.89. The molecule has 28 heavy (non-hydrogen) atoms. The molecule has 1 aliphatic rings. The quantitative estimate of drug-likeness (QED) is 0.595. The van der Waals surface area contributed by atoms with Crippen molar-refractivity contribution in [3.05, 3.63) is 69.0 Å². The minimum Gasteiger partial charge on any atom is -0.313 e. The van der Waals surface area contributed by atoms with E-state index in [-0.39, 0.29) is 29.5 Å². The molecule has 0 radical (unpaired) electrons. The van der Waals surface area contributed by atoms with Gasteiger partial charge >= 0.3 is 0 Å². The fraction of sp³-hybridized carbons (Fsp3) is 0.333. The van der Waals surface area contributed by atoms with Gasteiger partial charge in [0, 0.05) is 31.3 Å². The largest absolute Gasteiger partial charge is 0.313 e. The van der Waals surface area contributed by atoms with E-state index >= 15 is 0 Å². The van der Waals surface area contributed by atoms with Crippen molar-refractivity contribution in [3.8, 4) is 0 Å². The van der Waals surface area contributed by atoms with Crippen LogP contribution in [-0.2, 0) is 10.0 Å². The molecule has 3 rings (SSSR count). The number of aryl methyl sites for hydroxylation is 2. The van der Waals surface area contributed by atoms with Crippen molar-refractivity contribution in [2.75, 3.05) is 19.6 Å². The monoisotopic (exact) mass is 429 g/mol. The molecule has 1 fully saturated rings. The third-order valence-corrected chi connectivity index (χ3v) is 6.75. The number of rotatable bonds is 4. The molecule has 0 spiro atoms. The van der Waals surface area contributed by atoms with Crippen LogP contribution in [0.3, 0.4) is 0 Å².